The Kier molecular flexibility index (Phi) is 3.33. The molecule has 0 amide bonds. The van der Waals surface area contributed by atoms with Gasteiger partial charge in [0.25, 0.3) is 0 Å². The fourth-order valence-corrected chi connectivity index (χ4v) is 2.35. The molecule has 0 bridgehead atoms. The Balaban J connectivity index is 1.71. The molecule has 2 aromatic heterocycles. The molecular formula is C13H18N6. The monoisotopic (exact) mass is 258 g/mol. The van der Waals surface area contributed by atoms with Crippen LogP contribution in [-0.4, -0.2) is 28.0 Å². The summed E-state index contributed by atoms with van der Waals surface area (Å²) >= 11 is 0. The number of fused-ring (bicyclic) bond motifs is 1. The summed E-state index contributed by atoms with van der Waals surface area (Å²) in [5, 5.41) is 6.71. The highest BCUT2D eigenvalue weighted by molar-refractivity contribution is 5.50. The van der Waals surface area contributed by atoms with Crippen molar-refractivity contribution in [1.29, 1.82) is 0 Å². The van der Waals surface area contributed by atoms with E-state index in [2.05, 4.69) is 31.7 Å². The van der Waals surface area contributed by atoms with Gasteiger partial charge in [0.1, 0.15) is 5.82 Å². The third kappa shape index (κ3) is 2.68. The second-order valence-corrected chi connectivity index (χ2v) is 4.68. The van der Waals surface area contributed by atoms with E-state index in [0.717, 1.165) is 49.6 Å². The molecule has 0 radical (unpaired) electrons. The topological polar surface area (TPSA) is 91.6 Å². The summed E-state index contributed by atoms with van der Waals surface area (Å²) in [6.45, 7) is 2.59. The minimum atomic E-state index is 0.352. The van der Waals surface area contributed by atoms with E-state index < -0.39 is 0 Å². The summed E-state index contributed by atoms with van der Waals surface area (Å²) in [5.41, 5.74) is 9.25. The smallest absolute Gasteiger partial charge is 0.222 e. The van der Waals surface area contributed by atoms with Crippen LogP contribution in [0.2, 0.25) is 0 Å². The number of aromatic amines is 1. The van der Waals surface area contributed by atoms with Crippen LogP contribution in [0.1, 0.15) is 16.8 Å². The average Bonchev–Trinajstić information content (AvgIpc) is 2.91. The largest absolute Gasteiger partial charge is 0.369 e. The predicted octanol–water partition coefficient (Wildman–Crippen LogP) is 0.687. The second kappa shape index (κ2) is 5.27. The minimum Gasteiger partial charge on any atom is -0.369 e. The maximum atomic E-state index is 5.76. The van der Waals surface area contributed by atoms with Crippen molar-refractivity contribution < 1.29 is 0 Å². The number of aromatic nitrogens is 3. The highest BCUT2D eigenvalue weighted by atomic mass is 15.1. The zero-order valence-electron chi connectivity index (χ0n) is 10.7. The van der Waals surface area contributed by atoms with E-state index in [-0.39, 0.29) is 0 Å². The first-order valence-electron chi connectivity index (χ1n) is 6.54. The van der Waals surface area contributed by atoms with Crippen molar-refractivity contribution >= 4 is 11.8 Å². The van der Waals surface area contributed by atoms with Crippen LogP contribution in [0.5, 0.6) is 0 Å². The molecule has 1 aliphatic heterocycles. The number of hydrogen-bond acceptors (Lipinski definition) is 5. The molecule has 100 valence electrons. The van der Waals surface area contributed by atoms with Crippen molar-refractivity contribution in [3.63, 3.8) is 0 Å². The van der Waals surface area contributed by atoms with Crippen molar-refractivity contribution in [3.05, 3.63) is 35.3 Å². The Morgan fingerprint density at radius 1 is 1.37 bits per heavy atom. The highest BCUT2D eigenvalue weighted by Crippen LogP contribution is 2.20. The van der Waals surface area contributed by atoms with Gasteiger partial charge in [-0.2, -0.15) is 4.98 Å². The molecule has 0 fully saturated rings. The Morgan fingerprint density at radius 3 is 3.16 bits per heavy atom. The van der Waals surface area contributed by atoms with Gasteiger partial charge in [-0.15, -0.1) is 0 Å². The number of rotatable bonds is 4. The van der Waals surface area contributed by atoms with Gasteiger partial charge in [-0.05, 0) is 18.1 Å². The number of nitrogen functional groups attached to an aromatic ring is 1. The molecular weight excluding hydrogens is 240 g/mol. The third-order valence-electron chi connectivity index (χ3n) is 3.32. The van der Waals surface area contributed by atoms with Crippen LogP contribution in [0.15, 0.2) is 18.5 Å². The summed E-state index contributed by atoms with van der Waals surface area (Å²) in [4.78, 5) is 11.7. The summed E-state index contributed by atoms with van der Waals surface area (Å²) < 4.78 is 0. The lowest BCUT2D eigenvalue weighted by Crippen LogP contribution is -2.27. The SMILES string of the molecule is Nc1nc2c(c(NCCc3cc[nH]c3)n1)CNCC2. The standard InChI is InChI=1S/C13H18N6/c14-13-18-11-3-5-16-8-10(11)12(19-13)17-6-2-9-1-4-15-7-9/h1,4,7,15-16H,2-3,5-6,8H2,(H3,14,17,18,19). The van der Waals surface area contributed by atoms with Crippen LogP contribution in [0.3, 0.4) is 0 Å². The first-order chi connectivity index (χ1) is 9.33. The minimum absolute atomic E-state index is 0.352. The van der Waals surface area contributed by atoms with Crippen LogP contribution in [0.4, 0.5) is 11.8 Å². The van der Waals surface area contributed by atoms with E-state index in [0.29, 0.717) is 5.95 Å². The first kappa shape index (κ1) is 12.0. The molecule has 0 saturated heterocycles. The van der Waals surface area contributed by atoms with Crippen LogP contribution in [0.25, 0.3) is 0 Å². The van der Waals surface area contributed by atoms with Crippen molar-refractivity contribution in [2.75, 3.05) is 24.1 Å². The molecule has 5 N–H and O–H groups in total. The van der Waals surface area contributed by atoms with Crippen LogP contribution < -0.4 is 16.4 Å². The van der Waals surface area contributed by atoms with Crippen LogP contribution >= 0.6 is 0 Å². The van der Waals surface area contributed by atoms with Gasteiger partial charge in [0.05, 0.1) is 5.69 Å². The zero-order valence-corrected chi connectivity index (χ0v) is 10.7. The molecule has 19 heavy (non-hydrogen) atoms. The lowest BCUT2D eigenvalue weighted by Gasteiger charge is -2.19. The molecule has 0 atom stereocenters. The quantitative estimate of drug-likeness (QED) is 0.647. The molecule has 6 nitrogen and oxygen atoms in total. The number of anilines is 2. The van der Waals surface area contributed by atoms with Crippen LogP contribution in [-0.2, 0) is 19.4 Å². The van der Waals surface area contributed by atoms with Gasteiger partial charge in [0.2, 0.25) is 5.95 Å². The van der Waals surface area contributed by atoms with Crippen LogP contribution in [0, 0.1) is 0 Å². The first-order valence-corrected chi connectivity index (χ1v) is 6.54. The van der Waals surface area contributed by atoms with E-state index in [1.54, 1.807) is 0 Å². The van der Waals surface area contributed by atoms with Crippen molar-refractivity contribution in [2.24, 2.45) is 0 Å². The van der Waals surface area contributed by atoms with E-state index >= 15 is 0 Å². The van der Waals surface area contributed by atoms with E-state index in [9.17, 15) is 0 Å². The van der Waals surface area contributed by atoms with E-state index in [1.807, 2.05) is 12.4 Å². The number of nitrogens with one attached hydrogen (secondary N) is 3. The number of nitrogens with zero attached hydrogens (tertiary/aromatic N) is 2. The lowest BCUT2D eigenvalue weighted by atomic mass is 10.1. The number of H-pyrrole nitrogens is 1. The lowest BCUT2D eigenvalue weighted by molar-refractivity contribution is 0.628. The second-order valence-electron chi connectivity index (χ2n) is 4.68. The molecule has 0 spiro atoms. The summed E-state index contributed by atoms with van der Waals surface area (Å²) in [5.74, 6) is 1.22. The average molecular weight is 258 g/mol. The Morgan fingerprint density at radius 2 is 2.32 bits per heavy atom. The van der Waals surface area contributed by atoms with Crippen molar-refractivity contribution in [1.82, 2.24) is 20.3 Å². The predicted molar refractivity (Wildman–Crippen MR) is 74.8 cm³/mol. The number of hydrogen-bond donors (Lipinski definition) is 4. The van der Waals surface area contributed by atoms with Gasteiger partial charge in [0, 0.05) is 44.0 Å². The molecule has 3 heterocycles. The van der Waals surface area contributed by atoms with Gasteiger partial charge < -0.3 is 21.4 Å². The van der Waals surface area contributed by atoms with Gasteiger partial charge in [0.15, 0.2) is 0 Å². The molecule has 0 unspecified atom stereocenters. The third-order valence-corrected chi connectivity index (χ3v) is 3.32. The molecule has 3 rings (SSSR count). The van der Waals surface area contributed by atoms with Crippen molar-refractivity contribution in [3.8, 4) is 0 Å². The summed E-state index contributed by atoms with van der Waals surface area (Å²) in [6.07, 6.45) is 5.81. The Labute approximate surface area is 111 Å². The molecule has 0 aromatic carbocycles. The van der Waals surface area contributed by atoms with Gasteiger partial charge in [-0.3, -0.25) is 0 Å². The van der Waals surface area contributed by atoms with E-state index in [4.69, 9.17) is 5.73 Å². The van der Waals surface area contributed by atoms with Crippen molar-refractivity contribution in [2.45, 2.75) is 19.4 Å². The fraction of sp³-hybridized carbons (Fsp3) is 0.385. The Hall–Kier alpha value is -2.08. The summed E-state index contributed by atoms with van der Waals surface area (Å²) in [7, 11) is 0. The molecule has 1 aliphatic rings. The maximum absolute atomic E-state index is 5.76. The maximum Gasteiger partial charge on any atom is 0.222 e. The van der Waals surface area contributed by atoms with Gasteiger partial charge >= 0.3 is 0 Å². The van der Waals surface area contributed by atoms with Gasteiger partial charge in [-0.25, -0.2) is 4.98 Å². The zero-order chi connectivity index (χ0) is 13.1. The highest BCUT2D eigenvalue weighted by Gasteiger charge is 2.16. The number of nitrogens with two attached hydrogens (primary N) is 1. The molecule has 0 saturated carbocycles. The fourth-order valence-electron chi connectivity index (χ4n) is 2.35. The van der Waals surface area contributed by atoms with E-state index in [1.165, 1.54) is 5.56 Å². The summed E-state index contributed by atoms with van der Waals surface area (Å²) in [6, 6.07) is 2.08. The van der Waals surface area contributed by atoms with Gasteiger partial charge in [-0.1, -0.05) is 0 Å². The Bertz CT molecular complexity index is 549. The molecule has 2 aromatic rings. The molecule has 6 heteroatoms. The molecule has 0 aliphatic carbocycles. The normalized spacial score (nSPS) is 14.1.